The molecule has 0 bridgehead atoms. The minimum Gasteiger partial charge on any atom is -0.507 e. The van der Waals surface area contributed by atoms with Crippen LogP contribution in [-0.4, -0.2) is 28.2 Å². The lowest BCUT2D eigenvalue weighted by Gasteiger charge is -2.24. The van der Waals surface area contributed by atoms with Crippen molar-refractivity contribution in [3.8, 4) is 0 Å². The number of aliphatic hydroxyl groups excluding tert-OH is 1. The molecule has 1 fully saturated rings. The summed E-state index contributed by atoms with van der Waals surface area (Å²) in [7, 11) is 0. The first-order valence-electron chi connectivity index (χ1n) is 8.16. The van der Waals surface area contributed by atoms with Gasteiger partial charge in [-0.3, -0.25) is 9.59 Å². The maximum atomic E-state index is 12.7. The van der Waals surface area contributed by atoms with E-state index in [0.717, 1.165) is 5.56 Å². The molecule has 1 unspecified atom stereocenters. The summed E-state index contributed by atoms with van der Waals surface area (Å²) in [4.78, 5) is 26.6. The van der Waals surface area contributed by atoms with Gasteiger partial charge in [0.1, 0.15) is 5.76 Å². The first-order valence-corrected chi connectivity index (χ1v) is 8.54. The van der Waals surface area contributed by atoms with Gasteiger partial charge in [0.25, 0.3) is 11.7 Å². The summed E-state index contributed by atoms with van der Waals surface area (Å²) < 4.78 is 0. The Morgan fingerprint density at radius 3 is 2.46 bits per heavy atom. The third-order valence-corrected chi connectivity index (χ3v) is 4.73. The van der Waals surface area contributed by atoms with Crippen LogP contribution in [0, 0.1) is 6.92 Å². The number of hydrogen-bond donors (Lipinski definition) is 1. The number of benzene rings is 2. The van der Waals surface area contributed by atoms with Crippen LogP contribution in [0.25, 0.3) is 5.76 Å². The van der Waals surface area contributed by atoms with Crippen molar-refractivity contribution in [2.24, 2.45) is 0 Å². The molecular formula is C21H18ClNO3. The van der Waals surface area contributed by atoms with E-state index in [1.807, 2.05) is 19.1 Å². The first kappa shape index (κ1) is 18.0. The lowest BCUT2D eigenvalue weighted by atomic mass is 9.95. The smallest absolute Gasteiger partial charge is 0.295 e. The third kappa shape index (κ3) is 3.04. The number of aliphatic hydroxyl groups is 1. The van der Waals surface area contributed by atoms with Gasteiger partial charge in [-0.05, 0) is 18.6 Å². The fraction of sp³-hybridized carbons (Fsp3) is 0.143. The molecule has 1 heterocycles. The van der Waals surface area contributed by atoms with Crippen molar-refractivity contribution < 1.29 is 14.7 Å². The molecule has 1 aliphatic heterocycles. The number of rotatable bonds is 4. The molecule has 0 aromatic heterocycles. The molecule has 132 valence electrons. The Labute approximate surface area is 157 Å². The van der Waals surface area contributed by atoms with E-state index < -0.39 is 17.7 Å². The summed E-state index contributed by atoms with van der Waals surface area (Å²) in [6.45, 7) is 5.75. The fourth-order valence-corrected chi connectivity index (χ4v) is 3.33. The Morgan fingerprint density at radius 1 is 1.19 bits per heavy atom. The molecule has 1 atom stereocenters. The number of ketones is 1. The van der Waals surface area contributed by atoms with Gasteiger partial charge in [0.15, 0.2) is 0 Å². The molecule has 2 aromatic rings. The molecule has 0 radical (unpaired) electrons. The molecule has 1 amide bonds. The van der Waals surface area contributed by atoms with Crippen LogP contribution in [0.1, 0.15) is 22.7 Å². The molecule has 2 aromatic carbocycles. The number of nitrogens with zero attached hydrogens (tertiary/aromatic N) is 1. The molecule has 3 rings (SSSR count). The van der Waals surface area contributed by atoms with Crippen LogP contribution in [0.3, 0.4) is 0 Å². The van der Waals surface area contributed by atoms with E-state index in [-0.39, 0.29) is 17.9 Å². The average Bonchev–Trinajstić information content (AvgIpc) is 2.87. The zero-order valence-corrected chi connectivity index (χ0v) is 15.0. The van der Waals surface area contributed by atoms with E-state index in [1.54, 1.807) is 42.5 Å². The number of Topliss-reactive ketones (excluding diaryl/α,β-unsaturated/α-hetero) is 1. The number of amides is 1. The summed E-state index contributed by atoms with van der Waals surface area (Å²) in [6.07, 6.45) is 1.54. The molecule has 1 aliphatic rings. The summed E-state index contributed by atoms with van der Waals surface area (Å²) >= 11 is 6.32. The number of likely N-dealkylation sites (tertiary alicyclic amines) is 1. The average molecular weight is 368 g/mol. The largest absolute Gasteiger partial charge is 0.507 e. The molecule has 5 heteroatoms. The van der Waals surface area contributed by atoms with Crippen LogP contribution in [-0.2, 0) is 9.59 Å². The second-order valence-electron chi connectivity index (χ2n) is 6.13. The van der Waals surface area contributed by atoms with Crippen molar-refractivity contribution in [3.63, 3.8) is 0 Å². The number of aryl methyl sites for hydroxylation is 1. The molecule has 26 heavy (non-hydrogen) atoms. The van der Waals surface area contributed by atoms with E-state index in [4.69, 9.17) is 11.6 Å². The first-order chi connectivity index (χ1) is 12.5. The quantitative estimate of drug-likeness (QED) is 0.380. The van der Waals surface area contributed by atoms with E-state index >= 15 is 0 Å². The highest BCUT2D eigenvalue weighted by molar-refractivity contribution is 6.47. The number of carbonyl (C=O) groups is 2. The van der Waals surface area contributed by atoms with Gasteiger partial charge in [0.2, 0.25) is 0 Å². The molecule has 1 N–H and O–H groups in total. The van der Waals surface area contributed by atoms with Gasteiger partial charge in [-0.2, -0.15) is 0 Å². The standard InChI is InChI=1S/C21H18ClNO3/c1-3-12-23-18(15-6-4-5-7-16(15)22)17(20(25)21(23)26)19(24)14-10-8-13(2)9-11-14/h3-11,18,24H,1,12H2,2H3/b19-17+. The molecule has 4 nitrogen and oxygen atoms in total. The monoisotopic (exact) mass is 367 g/mol. The predicted octanol–water partition coefficient (Wildman–Crippen LogP) is 4.26. The van der Waals surface area contributed by atoms with E-state index in [2.05, 4.69) is 6.58 Å². The highest BCUT2D eigenvalue weighted by Gasteiger charge is 2.46. The van der Waals surface area contributed by atoms with Gasteiger partial charge in [-0.15, -0.1) is 6.58 Å². The van der Waals surface area contributed by atoms with Crippen LogP contribution in [0.5, 0.6) is 0 Å². The van der Waals surface area contributed by atoms with Gasteiger partial charge >= 0.3 is 0 Å². The molecular weight excluding hydrogens is 350 g/mol. The number of halogens is 1. The van der Waals surface area contributed by atoms with E-state index in [0.29, 0.717) is 16.1 Å². The van der Waals surface area contributed by atoms with Crippen LogP contribution in [0.15, 0.2) is 66.8 Å². The second kappa shape index (κ2) is 7.18. The zero-order chi connectivity index (χ0) is 18.8. The van der Waals surface area contributed by atoms with Gasteiger partial charge in [0, 0.05) is 17.1 Å². The maximum Gasteiger partial charge on any atom is 0.295 e. The summed E-state index contributed by atoms with van der Waals surface area (Å²) in [5.41, 5.74) is 2.12. The molecule has 0 saturated carbocycles. The van der Waals surface area contributed by atoms with Crippen LogP contribution in [0.2, 0.25) is 5.02 Å². The lowest BCUT2D eigenvalue weighted by Crippen LogP contribution is -2.29. The van der Waals surface area contributed by atoms with Gasteiger partial charge < -0.3 is 10.0 Å². The van der Waals surface area contributed by atoms with E-state index in [9.17, 15) is 14.7 Å². The van der Waals surface area contributed by atoms with Crippen LogP contribution >= 0.6 is 11.6 Å². The Balaban J connectivity index is 2.23. The SMILES string of the molecule is C=CCN1C(=O)C(=O)/C(=C(/O)c2ccc(C)cc2)C1c1ccccc1Cl. The zero-order valence-electron chi connectivity index (χ0n) is 14.3. The van der Waals surface area contributed by atoms with Crippen molar-refractivity contribution in [1.29, 1.82) is 0 Å². The van der Waals surface area contributed by atoms with Gasteiger partial charge in [-0.25, -0.2) is 0 Å². The highest BCUT2D eigenvalue weighted by Crippen LogP contribution is 2.41. The molecule has 0 aliphatic carbocycles. The minimum atomic E-state index is -0.761. The molecule has 0 spiro atoms. The third-order valence-electron chi connectivity index (χ3n) is 4.39. The fourth-order valence-electron chi connectivity index (χ4n) is 3.09. The summed E-state index contributed by atoms with van der Waals surface area (Å²) in [6, 6.07) is 13.3. The van der Waals surface area contributed by atoms with Crippen LogP contribution in [0.4, 0.5) is 0 Å². The van der Waals surface area contributed by atoms with Crippen molar-refractivity contribution in [1.82, 2.24) is 4.90 Å². The molecule has 1 saturated heterocycles. The Morgan fingerprint density at radius 2 is 1.85 bits per heavy atom. The van der Waals surface area contributed by atoms with Gasteiger partial charge in [-0.1, -0.05) is 65.7 Å². The van der Waals surface area contributed by atoms with Crippen molar-refractivity contribution >= 4 is 29.1 Å². The van der Waals surface area contributed by atoms with Crippen LogP contribution < -0.4 is 0 Å². The highest BCUT2D eigenvalue weighted by atomic mass is 35.5. The summed E-state index contributed by atoms with van der Waals surface area (Å²) in [5.74, 6) is -1.61. The second-order valence-corrected chi connectivity index (χ2v) is 6.53. The number of hydrogen-bond acceptors (Lipinski definition) is 3. The topological polar surface area (TPSA) is 57.6 Å². The van der Waals surface area contributed by atoms with Crippen molar-refractivity contribution in [2.75, 3.05) is 6.54 Å². The van der Waals surface area contributed by atoms with E-state index in [1.165, 1.54) is 4.90 Å². The predicted molar refractivity (Wildman–Crippen MR) is 102 cm³/mol. The minimum absolute atomic E-state index is 0.0359. The van der Waals surface area contributed by atoms with Crippen molar-refractivity contribution in [3.05, 3.63) is 88.5 Å². The Hall–Kier alpha value is -2.85. The maximum absolute atomic E-state index is 12.7. The number of carbonyl (C=O) groups excluding carboxylic acids is 2. The summed E-state index contributed by atoms with van der Waals surface area (Å²) in [5, 5.41) is 11.2. The lowest BCUT2D eigenvalue weighted by molar-refractivity contribution is -0.139. The van der Waals surface area contributed by atoms with Gasteiger partial charge in [0.05, 0.1) is 11.6 Å². The Bertz CT molecular complexity index is 915. The normalized spacial score (nSPS) is 19.0. The van der Waals surface area contributed by atoms with Crippen molar-refractivity contribution in [2.45, 2.75) is 13.0 Å². The Kier molecular flexibility index (Phi) is 4.96.